The fraction of sp³-hybridized carbons (Fsp3) is 0.350. The van der Waals surface area contributed by atoms with E-state index in [1.807, 2.05) is 38.2 Å². The Morgan fingerprint density at radius 1 is 1.16 bits per heavy atom. The van der Waals surface area contributed by atoms with Crippen LogP contribution in [0.15, 0.2) is 42.5 Å². The van der Waals surface area contributed by atoms with Gasteiger partial charge in [0.15, 0.2) is 0 Å². The summed E-state index contributed by atoms with van der Waals surface area (Å²) in [6.45, 7) is 2.63. The van der Waals surface area contributed by atoms with Gasteiger partial charge in [0.05, 0.1) is 0 Å². The van der Waals surface area contributed by atoms with Crippen LogP contribution in [0.2, 0.25) is 5.02 Å². The molecule has 1 atom stereocenters. The molecule has 134 valence electrons. The number of carbonyl (C=O) groups excluding carboxylic acids is 1. The lowest BCUT2D eigenvalue weighted by Gasteiger charge is -2.15. The van der Waals surface area contributed by atoms with E-state index in [2.05, 4.69) is 10.6 Å². The first-order valence-electron chi connectivity index (χ1n) is 8.43. The quantitative estimate of drug-likeness (QED) is 0.748. The highest BCUT2D eigenvalue weighted by Crippen LogP contribution is 2.14. The molecule has 0 bridgehead atoms. The predicted octanol–water partition coefficient (Wildman–Crippen LogP) is 3.88. The van der Waals surface area contributed by atoms with Gasteiger partial charge in [0.1, 0.15) is 5.82 Å². The van der Waals surface area contributed by atoms with Gasteiger partial charge in [0.25, 0.3) is 0 Å². The van der Waals surface area contributed by atoms with E-state index in [1.165, 1.54) is 12.1 Å². The molecule has 3 nitrogen and oxygen atoms in total. The van der Waals surface area contributed by atoms with Gasteiger partial charge in [-0.25, -0.2) is 4.39 Å². The standard InChI is InChI=1S/C20H24ClFN2O/c1-14(11-15-3-7-18(21)8-4-15)24-20(25)10-6-16-12-19(22)9-5-17(16)13-23-2/h3-5,7-9,12,14,23H,6,10-11,13H2,1-2H3,(H,24,25)/t14-/m0/s1. The first kappa shape index (κ1) is 19.4. The van der Waals surface area contributed by atoms with Gasteiger partial charge in [0, 0.05) is 24.0 Å². The molecule has 0 aromatic heterocycles. The molecule has 25 heavy (non-hydrogen) atoms. The topological polar surface area (TPSA) is 41.1 Å². The largest absolute Gasteiger partial charge is 0.353 e. The first-order valence-corrected chi connectivity index (χ1v) is 8.81. The molecule has 2 aromatic rings. The maximum absolute atomic E-state index is 13.5. The maximum Gasteiger partial charge on any atom is 0.220 e. The molecule has 0 aliphatic rings. The normalized spacial score (nSPS) is 12.0. The molecule has 0 aliphatic carbocycles. The van der Waals surface area contributed by atoms with Gasteiger partial charge in [-0.15, -0.1) is 0 Å². The van der Waals surface area contributed by atoms with E-state index in [0.29, 0.717) is 24.4 Å². The minimum atomic E-state index is -0.272. The van der Waals surface area contributed by atoms with Gasteiger partial charge in [-0.3, -0.25) is 4.79 Å². The van der Waals surface area contributed by atoms with E-state index < -0.39 is 0 Å². The Hall–Kier alpha value is -1.91. The van der Waals surface area contributed by atoms with Gasteiger partial charge in [-0.2, -0.15) is 0 Å². The van der Waals surface area contributed by atoms with Crippen molar-refractivity contribution in [3.63, 3.8) is 0 Å². The fourth-order valence-electron chi connectivity index (χ4n) is 2.81. The Balaban J connectivity index is 1.86. The van der Waals surface area contributed by atoms with Crippen molar-refractivity contribution < 1.29 is 9.18 Å². The van der Waals surface area contributed by atoms with Crippen LogP contribution in [0.3, 0.4) is 0 Å². The van der Waals surface area contributed by atoms with Crippen LogP contribution in [0, 0.1) is 5.82 Å². The van der Waals surface area contributed by atoms with E-state index in [1.54, 1.807) is 6.07 Å². The number of aryl methyl sites for hydroxylation is 1. The molecule has 5 heteroatoms. The maximum atomic E-state index is 13.5. The van der Waals surface area contributed by atoms with Gasteiger partial charge >= 0.3 is 0 Å². The number of hydrogen-bond donors (Lipinski definition) is 2. The second-order valence-corrected chi connectivity index (χ2v) is 6.68. The number of halogens is 2. The summed E-state index contributed by atoms with van der Waals surface area (Å²) in [4.78, 5) is 12.2. The summed E-state index contributed by atoms with van der Waals surface area (Å²) in [5.74, 6) is -0.299. The molecule has 0 spiro atoms. The molecular formula is C20H24ClFN2O. The molecular weight excluding hydrogens is 339 g/mol. The molecule has 0 radical (unpaired) electrons. The Labute approximate surface area is 153 Å². The lowest BCUT2D eigenvalue weighted by molar-refractivity contribution is -0.121. The second kappa shape index (κ2) is 9.54. The van der Waals surface area contributed by atoms with E-state index in [4.69, 9.17) is 11.6 Å². The first-order chi connectivity index (χ1) is 12.0. The molecule has 0 saturated heterocycles. The Morgan fingerprint density at radius 2 is 1.88 bits per heavy atom. The van der Waals surface area contributed by atoms with Gasteiger partial charge < -0.3 is 10.6 Å². The summed E-state index contributed by atoms with van der Waals surface area (Å²) in [5.41, 5.74) is 3.01. The third-order valence-electron chi connectivity index (χ3n) is 4.02. The number of rotatable bonds is 8. The Morgan fingerprint density at radius 3 is 2.56 bits per heavy atom. The summed E-state index contributed by atoms with van der Waals surface area (Å²) < 4.78 is 13.5. The van der Waals surface area contributed by atoms with Gasteiger partial charge in [-0.05, 0) is 67.8 Å². The number of carbonyl (C=O) groups is 1. The van der Waals surface area contributed by atoms with Gasteiger partial charge in [-0.1, -0.05) is 29.8 Å². The zero-order chi connectivity index (χ0) is 18.2. The highest BCUT2D eigenvalue weighted by molar-refractivity contribution is 6.30. The van der Waals surface area contributed by atoms with E-state index >= 15 is 0 Å². The van der Waals surface area contributed by atoms with E-state index in [-0.39, 0.29) is 17.8 Å². The minimum absolute atomic E-state index is 0.0259. The highest BCUT2D eigenvalue weighted by Gasteiger charge is 2.10. The average Bonchev–Trinajstić information content (AvgIpc) is 2.57. The summed E-state index contributed by atoms with van der Waals surface area (Å²) in [6.07, 6.45) is 1.60. The van der Waals surface area contributed by atoms with Crippen molar-refractivity contribution >= 4 is 17.5 Å². The summed E-state index contributed by atoms with van der Waals surface area (Å²) in [6, 6.07) is 12.4. The molecule has 2 aromatic carbocycles. The van der Waals surface area contributed by atoms with Crippen molar-refractivity contribution in [2.75, 3.05) is 7.05 Å². The SMILES string of the molecule is CNCc1ccc(F)cc1CCC(=O)N[C@@H](C)Cc1ccc(Cl)cc1. The van der Waals surface area contributed by atoms with E-state index in [9.17, 15) is 9.18 Å². The van der Waals surface area contributed by atoms with Crippen LogP contribution in [-0.2, 0) is 24.2 Å². The molecule has 0 aliphatic heterocycles. The zero-order valence-electron chi connectivity index (χ0n) is 14.6. The molecule has 0 heterocycles. The fourth-order valence-corrected chi connectivity index (χ4v) is 2.94. The zero-order valence-corrected chi connectivity index (χ0v) is 15.4. The number of hydrogen-bond acceptors (Lipinski definition) is 2. The van der Waals surface area contributed by atoms with Crippen molar-refractivity contribution in [1.82, 2.24) is 10.6 Å². The molecule has 0 unspecified atom stereocenters. The lowest BCUT2D eigenvalue weighted by Crippen LogP contribution is -2.34. The molecule has 2 N–H and O–H groups in total. The summed E-state index contributed by atoms with van der Waals surface area (Å²) >= 11 is 5.88. The Bertz CT molecular complexity index is 703. The molecule has 2 rings (SSSR count). The van der Waals surface area contributed by atoms with Crippen LogP contribution in [0.25, 0.3) is 0 Å². The van der Waals surface area contributed by atoms with Crippen LogP contribution < -0.4 is 10.6 Å². The monoisotopic (exact) mass is 362 g/mol. The molecule has 1 amide bonds. The second-order valence-electron chi connectivity index (χ2n) is 6.24. The number of nitrogens with one attached hydrogen (secondary N) is 2. The van der Waals surface area contributed by atoms with E-state index in [0.717, 1.165) is 23.1 Å². The Kier molecular flexibility index (Phi) is 7.41. The third kappa shape index (κ3) is 6.48. The number of amides is 1. The molecule has 0 saturated carbocycles. The minimum Gasteiger partial charge on any atom is -0.353 e. The third-order valence-corrected chi connectivity index (χ3v) is 4.27. The number of benzene rings is 2. The molecule has 0 fully saturated rings. The van der Waals surface area contributed by atoms with Crippen molar-refractivity contribution in [2.45, 2.75) is 38.8 Å². The van der Waals surface area contributed by atoms with Crippen LogP contribution in [-0.4, -0.2) is 19.0 Å². The smallest absolute Gasteiger partial charge is 0.220 e. The predicted molar refractivity (Wildman–Crippen MR) is 100 cm³/mol. The van der Waals surface area contributed by atoms with Crippen molar-refractivity contribution in [3.8, 4) is 0 Å². The van der Waals surface area contributed by atoms with Crippen molar-refractivity contribution in [2.24, 2.45) is 0 Å². The van der Waals surface area contributed by atoms with Crippen LogP contribution in [0.1, 0.15) is 30.0 Å². The van der Waals surface area contributed by atoms with Crippen LogP contribution in [0.5, 0.6) is 0 Å². The van der Waals surface area contributed by atoms with Crippen LogP contribution >= 0.6 is 11.6 Å². The van der Waals surface area contributed by atoms with Crippen molar-refractivity contribution in [3.05, 3.63) is 70.0 Å². The summed E-state index contributed by atoms with van der Waals surface area (Å²) in [5, 5.41) is 6.76. The van der Waals surface area contributed by atoms with Gasteiger partial charge in [0.2, 0.25) is 5.91 Å². The summed E-state index contributed by atoms with van der Waals surface area (Å²) in [7, 11) is 1.85. The highest BCUT2D eigenvalue weighted by atomic mass is 35.5. The van der Waals surface area contributed by atoms with Crippen molar-refractivity contribution in [1.29, 1.82) is 0 Å². The lowest BCUT2D eigenvalue weighted by atomic mass is 10.0. The van der Waals surface area contributed by atoms with Crippen LogP contribution in [0.4, 0.5) is 4.39 Å². The average molecular weight is 363 g/mol.